The molecule has 0 saturated carbocycles. The second-order valence-electron chi connectivity index (χ2n) is 6.05. The third kappa shape index (κ3) is 2.56. The zero-order chi connectivity index (χ0) is 13.4. The Balaban J connectivity index is 1.74. The molecule has 19 heavy (non-hydrogen) atoms. The van der Waals surface area contributed by atoms with Crippen LogP contribution in [0.25, 0.3) is 0 Å². The topological polar surface area (TPSA) is 46.3 Å². The quantitative estimate of drug-likeness (QED) is 0.902. The second-order valence-corrected chi connectivity index (χ2v) is 7.19. The van der Waals surface area contributed by atoms with Gasteiger partial charge in [-0.2, -0.15) is 0 Å². The minimum atomic E-state index is 0.225. The highest BCUT2D eigenvalue weighted by molar-refractivity contribution is 7.14. The van der Waals surface area contributed by atoms with Crippen molar-refractivity contribution in [2.45, 2.75) is 32.6 Å². The predicted octanol–water partition coefficient (Wildman–Crippen LogP) is 2.29. The van der Waals surface area contributed by atoms with Crippen LogP contribution in [0.5, 0.6) is 0 Å². The largest absolute Gasteiger partial charge is 0.338 e. The molecule has 4 heteroatoms. The fraction of sp³-hybridized carbons (Fsp3) is 0.667. The van der Waals surface area contributed by atoms with Crippen LogP contribution in [-0.4, -0.2) is 30.4 Å². The van der Waals surface area contributed by atoms with Crippen molar-refractivity contribution in [3.8, 4) is 0 Å². The Labute approximate surface area is 118 Å². The highest BCUT2D eigenvalue weighted by Gasteiger charge is 2.28. The molecule has 2 heterocycles. The minimum Gasteiger partial charge on any atom is -0.338 e. The van der Waals surface area contributed by atoms with E-state index in [0.717, 1.165) is 43.1 Å². The monoisotopic (exact) mass is 278 g/mol. The number of fused-ring (bicyclic) bond motifs is 1. The van der Waals surface area contributed by atoms with Crippen LogP contribution >= 0.6 is 11.3 Å². The summed E-state index contributed by atoms with van der Waals surface area (Å²) in [4.78, 5) is 16.9. The minimum absolute atomic E-state index is 0.225. The first-order valence-electron chi connectivity index (χ1n) is 7.28. The van der Waals surface area contributed by atoms with E-state index < -0.39 is 0 Å². The van der Waals surface area contributed by atoms with E-state index in [1.54, 1.807) is 11.3 Å². The van der Waals surface area contributed by atoms with Crippen LogP contribution in [-0.2, 0) is 12.8 Å². The Morgan fingerprint density at radius 1 is 1.53 bits per heavy atom. The third-order valence-corrected chi connectivity index (χ3v) is 5.67. The van der Waals surface area contributed by atoms with Gasteiger partial charge < -0.3 is 10.6 Å². The lowest BCUT2D eigenvalue weighted by Crippen LogP contribution is -2.29. The summed E-state index contributed by atoms with van der Waals surface area (Å²) in [6.07, 6.45) is 4.62. The number of nitrogens with zero attached hydrogens (tertiary/aromatic N) is 1. The SMILES string of the molecule is CC1CCc2sc(C(=O)N3CCC(CN)C3)cc2C1. The van der Waals surface area contributed by atoms with Gasteiger partial charge in [0, 0.05) is 18.0 Å². The van der Waals surface area contributed by atoms with Crippen LogP contribution < -0.4 is 5.73 Å². The van der Waals surface area contributed by atoms with Crippen LogP contribution in [0.15, 0.2) is 6.07 Å². The van der Waals surface area contributed by atoms with E-state index in [0.29, 0.717) is 12.5 Å². The molecule has 1 fully saturated rings. The summed E-state index contributed by atoms with van der Waals surface area (Å²) < 4.78 is 0. The molecule has 104 valence electrons. The number of carbonyl (C=O) groups is 1. The van der Waals surface area contributed by atoms with E-state index in [2.05, 4.69) is 13.0 Å². The van der Waals surface area contributed by atoms with E-state index >= 15 is 0 Å². The predicted molar refractivity (Wildman–Crippen MR) is 78.6 cm³/mol. The second kappa shape index (κ2) is 5.25. The van der Waals surface area contributed by atoms with Gasteiger partial charge in [0.15, 0.2) is 0 Å². The molecule has 2 unspecified atom stereocenters. The number of hydrogen-bond acceptors (Lipinski definition) is 3. The first-order valence-corrected chi connectivity index (χ1v) is 8.10. The molecule has 1 aromatic rings. The molecule has 1 amide bonds. The summed E-state index contributed by atoms with van der Waals surface area (Å²) in [5.74, 6) is 1.49. The molecule has 3 nitrogen and oxygen atoms in total. The molecule has 0 aromatic carbocycles. The smallest absolute Gasteiger partial charge is 0.263 e. The summed E-state index contributed by atoms with van der Waals surface area (Å²) in [5, 5.41) is 0. The van der Waals surface area contributed by atoms with Crippen LogP contribution in [0.3, 0.4) is 0 Å². The van der Waals surface area contributed by atoms with Crippen molar-refractivity contribution in [2.75, 3.05) is 19.6 Å². The number of rotatable bonds is 2. The fourth-order valence-electron chi connectivity index (χ4n) is 3.18. The average Bonchev–Trinajstić information content (AvgIpc) is 3.03. The Morgan fingerprint density at radius 3 is 3.11 bits per heavy atom. The number of thiophene rings is 1. The van der Waals surface area contributed by atoms with Crippen LogP contribution in [0.4, 0.5) is 0 Å². The number of hydrogen-bond donors (Lipinski definition) is 1. The Hall–Kier alpha value is -0.870. The summed E-state index contributed by atoms with van der Waals surface area (Å²) in [6, 6.07) is 2.15. The van der Waals surface area contributed by atoms with Crippen molar-refractivity contribution < 1.29 is 4.79 Å². The summed E-state index contributed by atoms with van der Waals surface area (Å²) >= 11 is 1.72. The molecule has 0 bridgehead atoms. The maximum atomic E-state index is 12.5. The molecule has 2 atom stereocenters. The fourth-order valence-corrected chi connectivity index (χ4v) is 4.35. The highest BCUT2D eigenvalue weighted by Crippen LogP contribution is 2.33. The van der Waals surface area contributed by atoms with Gasteiger partial charge in [0.25, 0.3) is 5.91 Å². The van der Waals surface area contributed by atoms with Crippen molar-refractivity contribution in [2.24, 2.45) is 17.6 Å². The molecular weight excluding hydrogens is 256 g/mol. The summed E-state index contributed by atoms with van der Waals surface area (Å²) in [5.41, 5.74) is 7.11. The number of amides is 1. The van der Waals surface area contributed by atoms with Crippen LogP contribution in [0.1, 0.15) is 39.9 Å². The first kappa shape index (κ1) is 13.1. The first-order chi connectivity index (χ1) is 9.17. The molecule has 1 aliphatic carbocycles. The Kier molecular flexibility index (Phi) is 3.63. The van der Waals surface area contributed by atoms with Crippen LogP contribution in [0.2, 0.25) is 0 Å². The molecule has 3 rings (SSSR count). The molecule has 2 aliphatic rings. The van der Waals surface area contributed by atoms with Gasteiger partial charge in [0.2, 0.25) is 0 Å². The molecular formula is C15H22N2OS. The molecule has 0 spiro atoms. The maximum Gasteiger partial charge on any atom is 0.263 e. The average molecular weight is 278 g/mol. The van der Waals surface area contributed by atoms with Crippen molar-refractivity contribution in [1.82, 2.24) is 4.90 Å². The van der Waals surface area contributed by atoms with Gasteiger partial charge in [-0.25, -0.2) is 0 Å². The van der Waals surface area contributed by atoms with Crippen molar-refractivity contribution in [3.63, 3.8) is 0 Å². The standard InChI is InChI=1S/C15H22N2OS/c1-10-2-3-13-12(6-10)7-14(19-13)15(18)17-5-4-11(8-16)9-17/h7,10-11H,2-6,8-9,16H2,1H3. The van der Waals surface area contributed by atoms with Gasteiger partial charge in [-0.15, -0.1) is 11.3 Å². The van der Waals surface area contributed by atoms with Gasteiger partial charge >= 0.3 is 0 Å². The van der Waals surface area contributed by atoms with Gasteiger partial charge in [0.1, 0.15) is 0 Å². The van der Waals surface area contributed by atoms with E-state index in [9.17, 15) is 4.79 Å². The lowest BCUT2D eigenvalue weighted by Gasteiger charge is -2.16. The van der Waals surface area contributed by atoms with Gasteiger partial charge in [-0.1, -0.05) is 6.92 Å². The van der Waals surface area contributed by atoms with Gasteiger partial charge in [-0.3, -0.25) is 4.79 Å². The van der Waals surface area contributed by atoms with E-state index in [4.69, 9.17) is 5.73 Å². The summed E-state index contributed by atoms with van der Waals surface area (Å²) in [6.45, 7) is 4.71. The lowest BCUT2D eigenvalue weighted by atomic mass is 9.90. The molecule has 1 aliphatic heterocycles. The highest BCUT2D eigenvalue weighted by atomic mass is 32.1. The Bertz CT molecular complexity index is 482. The van der Waals surface area contributed by atoms with E-state index in [-0.39, 0.29) is 5.91 Å². The Morgan fingerprint density at radius 2 is 2.37 bits per heavy atom. The number of aryl methyl sites for hydroxylation is 1. The third-order valence-electron chi connectivity index (χ3n) is 4.45. The normalized spacial score (nSPS) is 26.5. The van der Waals surface area contributed by atoms with E-state index in [1.165, 1.54) is 16.9 Å². The number of likely N-dealkylation sites (tertiary alicyclic amines) is 1. The zero-order valence-corrected chi connectivity index (χ0v) is 12.3. The zero-order valence-electron chi connectivity index (χ0n) is 11.5. The number of carbonyl (C=O) groups excluding carboxylic acids is 1. The number of nitrogens with two attached hydrogens (primary N) is 1. The molecule has 0 radical (unpaired) electrons. The molecule has 1 saturated heterocycles. The molecule has 2 N–H and O–H groups in total. The van der Waals surface area contributed by atoms with Gasteiger partial charge in [0.05, 0.1) is 4.88 Å². The van der Waals surface area contributed by atoms with Crippen molar-refractivity contribution in [1.29, 1.82) is 0 Å². The van der Waals surface area contributed by atoms with E-state index in [1.807, 2.05) is 4.90 Å². The van der Waals surface area contributed by atoms with Gasteiger partial charge in [-0.05, 0) is 55.7 Å². The maximum absolute atomic E-state index is 12.5. The lowest BCUT2D eigenvalue weighted by molar-refractivity contribution is 0.0792. The van der Waals surface area contributed by atoms with Crippen LogP contribution in [0, 0.1) is 11.8 Å². The van der Waals surface area contributed by atoms with Crippen molar-refractivity contribution >= 4 is 17.2 Å². The van der Waals surface area contributed by atoms with Crippen molar-refractivity contribution in [3.05, 3.63) is 21.4 Å². The molecule has 1 aromatic heterocycles. The summed E-state index contributed by atoms with van der Waals surface area (Å²) in [7, 11) is 0.